The first-order chi connectivity index (χ1) is 10.5. The maximum Gasteiger partial charge on any atom is 0.294 e. The highest BCUT2D eigenvalue weighted by Gasteiger charge is 2.06. The van der Waals surface area contributed by atoms with Crippen LogP contribution in [0.15, 0.2) is 64.6 Å². The maximum absolute atomic E-state index is 10.5. The molecule has 22 heavy (non-hydrogen) atoms. The van der Waals surface area contributed by atoms with Gasteiger partial charge in [-0.2, -0.15) is 13.5 Å². The Morgan fingerprint density at radius 2 is 1.73 bits per heavy atom. The molecule has 0 amide bonds. The number of rotatable bonds is 1. The summed E-state index contributed by atoms with van der Waals surface area (Å²) >= 11 is 0. The topological polar surface area (TPSA) is 78.8 Å². The Bertz CT molecular complexity index is 794. The first kappa shape index (κ1) is 15.9. The summed E-state index contributed by atoms with van der Waals surface area (Å²) in [6.45, 7) is 1.84. The van der Waals surface area contributed by atoms with Crippen molar-refractivity contribution in [2.45, 2.75) is 11.8 Å². The fraction of sp³-hybridized carbons (Fsp3) is 0.0625. The predicted octanol–water partition coefficient (Wildman–Crippen LogP) is 3.35. The highest BCUT2D eigenvalue weighted by Crippen LogP contribution is 2.17. The molecule has 1 aliphatic heterocycles. The van der Waals surface area contributed by atoms with Crippen LogP contribution in [0.25, 0.3) is 6.08 Å². The average molecular weight is 316 g/mol. The molecule has 0 aromatic heterocycles. The lowest BCUT2D eigenvalue weighted by Crippen LogP contribution is -1.96. The van der Waals surface area contributed by atoms with Crippen molar-refractivity contribution >= 4 is 28.1 Å². The fourth-order valence-electron chi connectivity index (χ4n) is 1.75. The molecule has 2 aromatic rings. The van der Waals surface area contributed by atoms with Gasteiger partial charge in [0.1, 0.15) is 0 Å². The summed E-state index contributed by atoms with van der Waals surface area (Å²) in [5.74, 6) is 0. The molecule has 1 heterocycles. The monoisotopic (exact) mass is 316 g/mol. The van der Waals surface area contributed by atoms with Gasteiger partial charge in [-0.3, -0.25) is 9.98 Å². The van der Waals surface area contributed by atoms with Crippen LogP contribution in [0.4, 0.5) is 5.69 Å². The van der Waals surface area contributed by atoms with Crippen LogP contribution in [0.2, 0.25) is 0 Å². The van der Waals surface area contributed by atoms with Gasteiger partial charge in [0.05, 0.1) is 10.6 Å². The summed E-state index contributed by atoms with van der Waals surface area (Å²) in [7, 11) is -4.02. The van der Waals surface area contributed by atoms with Gasteiger partial charge in [-0.25, -0.2) is 0 Å². The minimum Gasteiger partial charge on any atom is -0.282 e. The minimum absolute atomic E-state index is 0.0666. The van der Waals surface area contributed by atoms with Gasteiger partial charge < -0.3 is 0 Å². The third kappa shape index (κ3) is 4.54. The van der Waals surface area contributed by atoms with E-state index in [0.29, 0.717) is 0 Å². The number of para-hydroxylation sites is 1. The van der Waals surface area contributed by atoms with Crippen molar-refractivity contribution in [3.63, 3.8) is 0 Å². The van der Waals surface area contributed by atoms with E-state index < -0.39 is 10.1 Å². The lowest BCUT2D eigenvalue weighted by molar-refractivity contribution is 0.483. The second-order valence-corrected chi connectivity index (χ2v) is 6.05. The molecule has 0 atom stereocenters. The van der Waals surface area contributed by atoms with E-state index in [0.717, 1.165) is 11.3 Å². The maximum atomic E-state index is 10.5. The van der Waals surface area contributed by atoms with E-state index in [2.05, 4.69) is 10.5 Å². The normalized spacial score (nSPS) is 12.5. The van der Waals surface area contributed by atoms with Crippen LogP contribution in [-0.4, -0.2) is 19.2 Å². The van der Waals surface area contributed by atoms with E-state index in [1.54, 1.807) is 18.3 Å². The summed E-state index contributed by atoms with van der Waals surface area (Å²) in [5.41, 5.74) is 6.11. The average Bonchev–Trinajstić information content (AvgIpc) is 2.72. The van der Waals surface area contributed by atoms with Gasteiger partial charge in [-0.05, 0) is 36.8 Å². The number of hydrogen-bond donors (Lipinski definition) is 2. The predicted molar refractivity (Wildman–Crippen MR) is 88.6 cm³/mol. The van der Waals surface area contributed by atoms with Gasteiger partial charge in [0.15, 0.2) is 0 Å². The zero-order chi connectivity index (χ0) is 16.0. The van der Waals surface area contributed by atoms with E-state index in [-0.39, 0.29) is 4.90 Å². The van der Waals surface area contributed by atoms with Crippen LogP contribution in [0.5, 0.6) is 0 Å². The highest BCUT2D eigenvalue weighted by atomic mass is 32.2. The second-order valence-electron chi connectivity index (χ2n) is 4.62. The molecular formula is C16H16N2O3S. The van der Waals surface area contributed by atoms with Crippen molar-refractivity contribution in [2.75, 3.05) is 5.43 Å². The number of fused-ring (bicyclic) bond motifs is 1. The molecule has 0 spiro atoms. The largest absolute Gasteiger partial charge is 0.294 e. The first-order valence-electron chi connectivity index (χ1n) is 6.56. The van der Waals surface area contributed by atoms with Crippen LogP contribution in [0, 0.1) is 6.92 Å². The van der Waals surface area contributed by atoms with Gasteiger partial charge in [0.25, 0.3) is 10.1 Å². The summed E-state index contributed by atoms with van der Waals surface area (Å²) in [6, 6.07) is 14.0. The SMILES string of the molecule is C1=Cc2ccccc2NN=C1.Cc1ccc(S(=O)(=O)O)cc1. The Morgan fingerprint density at radius 1 is 1.05 bits per heavy atom. The molecule has 114 valence electrons. The zero-order valence-electron chi connectivity index (χ0n) is 12.0. The number of allylic oxidation sites excluding steroid dienone is 1. The van der Waals surface area contributed by atoms with E-state index in [9.17, 15) is 8.42 Å². The second kappa shape index (κ2) is 7.02. The van der Waals surface area contributed by atoms with Crippen molar-refractivity contribution in [1.82, 2.24) is 0 Å². The molecule has 0 saturated carbocycles. The fourth-order valence-corrected chi connectivity index (χ4v) is 2.23. The Labute approximate surface area is 129 Å². The standard InChI is InChI=1S/C9H8N2.C7H8O3S/c1-2-6-9-8(4-1)5-3-7-10-11-9;1-6-2-4-7(5-3-6)11(8,9)10/h1-7,11H;2-5H,1H3,(H,8,9,10). The summed E-state index contributed by atoms with van der Waals surface area (Å²) in [5, 5.41) is 3.95. The third-order valence-electron chi connectivity index (χ3n) is 2.90. The molecule has 0 radical (unpaired) electrons. The van der Waals surface area contributed by atoms with Crippen LogP contribution < -0.4 is 5.43 Å². The van der Waals surface area contributed by atoms with Crippen molar-refractivity contribution in [3.8, 4) is 0 Å². The number of hydrogen-bond acceptors (Lipinski definition) is 4. The molecule has 3 rings (SSSR count). The molecule has 2 N–H and O–H groups in total. The van der Waals surface area contributed by atoms with Gasteiger partial charge >= 0.3 is 0 Å². The zero-order valence-corrected chi connectivity index (χ0v) is 12.8. The number of nitrogens with zero attached hydrogens (tertiary/aromatic N) is 1. The summed E-state index contributed by atoms with van der Waals surface area (Å²) in [6.07, 6.45) is 5.68. The van der Waals surface area contributed by atoms with Crippen LogP contribution in [0.1, 0.15) is 11.1 Å². The van der Waals surface area contributed by atoms with Crippen LogP contribution in [0.3, 0.4) is 0 Å². The molecule has 5 nitrogen and oxygen atoms in total. The van der Waals surface area contributed by atoms with Gasteiger partial charge in [0.2, 0.25) is 0 Å². The number of benzene rings is 2. The van der Waals surface area contributed by atoms with E-state index in [1.807, 2.05) is 43.3 Å². The van der Waals surface area contributed by atoms with E-state index in [4.69, 9.17) is 4.55 Å². The van der Waals surface area contributed by atoms with Crippen molar-refractivity contribution in [1.29, 1.82) is 0 Å². The lowest BCUT2D eigenvalue weighted by Gasteiger charge is -2.00. The smallest absolute Gasteiger partial charge is 0.282 e. The first-order valence-corrected chi connectivity index (χ1v) is 8.00. The molecular weight excluding hydrogens is 300 g/mol. The molecule has 0 unspecified atom stereocenters. The lowest BCUT2D eigenvalue weighted by atomic mass is 10.2. The Morgan fingerprint density at radius 3 is 2.41 bits per heavy atom. The van der Waals surface area contributed by atoms with Crippen LogP contribution >= 0.6 is 0 Å². The Kier molecular flexibility index (Phi) is 5.08. The van der Waals surface area contributed by atoms with Crippen molar-refractivity contribution in [2.24, 2.45) is 5.10 Å². The molecule has 1 aliphatic rings. The van der Waals surface area contributed by atoms with E-state index in [1.165, 1.54) is 17.7 Å². The van der Waals surface area contributed by atoms with Crippen LogP contribution in [-0.2, 0) is 10.1 Å². The molecule has 0 fully saturated rings. The van der Waals surface area contributed by atoms with E-state index >= 15 is 0 Å². The van der Waals surface area contributed by atoms with Crippen molar-refractivity contribution in [3.05, 3.63) is 65.7 Å². The Hall–Kier alpha value is -2.44. The minimum atomic E-state index is -4.02. The summed E-state index contributed by atoms with van der Waals surface area (Å²) in [4.78, 5) is -0.0666. The number of hydrazone groups is 1. The van der Waals surface area contributed by atoms with Gasteiger partial charge in [-0.1, -0.05) is 42.0 Å². The van der Waals surface area contributed by atoms with Crippen molar-refractivity contribution < 1.29 is 13.0 Å². The quantitative estimate of drug-likeness (QED) is 0.791. The van der Waals surface area contributed by atoms with Gasteiger partial charge in [-0.15, -0.1) is 0 Å². The Balaban J connectivity index is 0.000000160. The third-order valence-corrected chi connectivity index (χ3v) is 3.77. The molecule has 0 saturated heterocycles. The van der Waals surface area contributed by atoms with Gasteiger partial charge in [0, 0.05) is 6.21 Å². The molecule has 0 bridgehead atoms. The molecule has 0 aliphatic carbocycles. The highest BCUT2D eigenvalue weighted by molar-refractivity contribution is 7.85. The number of anilines is 1. The molecule has 6 heteroatoms. The number of nitrogens with one attached hydrogen (secondary N) is 1. The summed E-state index contributed by atoms with van der Waals surface area (Å²) < 4.78 is 29.6. The number of aryl methyl sites for hydroxylation is 1. The molecule has 2 aromatic carbocycles.